The Morgan fingerprint density at radius 2 is 2.05 bits per heavy atom. The van der Waals surface area contributed by atoms with Crippen LogP contribution in [0.2, 0.25) is 0 Å². The summed E-state index contributed by atoms with van der Waals surface area (Å²) in [6.07, 6.45) is 0. The molecule has 0 radical (unpaired) electrons. The molecule has 0 fully saturated rings. The summed E-state index contributed by atoms with van der Waals surface area (Å²) in [4.78, 5) is 12.0. The van der Waals surface area contributed by atoms with E-state index in [1.54, 1.807) is 26.8 Å². The molecule has 0 aliphatic rings. The number of ketones is 1. The van der Waals surface area contributed by atoms with Crippen LogP contribution in [0.25, 0.3) is 0 Å². The van der Waals surface area contributed by atoms with Crippen molar-refractivity contribution < 1.29 is 13.2 Å². The Bertz CT molecular complexity index is 591. The molecular weight excluding hydrogens is 300 g/mol. The lowest BCUT2D eigenvalue weighted by Crippen LogP contribution is -2.28. The van der Waals surface area contributed by atoms with Gasteiger partial charge in [-0.15, -0.1) is 11.6 Å². The van der Waals surface area contributed by atoms with Crippen LogP contribution in [0.15, 0.2) is 6.07 Å². The molecular formula is C13H21ClN2O3S. The van der Waals surface area contributed by atoms with Gasteiger partial charge in [0.25, 0.3) is 0 Å². The number of aromatic nitrogens is 1. The monoisotopic (exact) mass is 320 g/mol. The smallest absolute Gasteiger partial charge is 0.213 e. The quantitative estimate of drug-likeness (QED) is 0.616. The van der Waals surface area contributed by atoms with Crippen LogP contribution >= 0.6 is 11.6 Å². The number of alkyl halides is 1. The van der Waals surface area contributed by atoms with Crippen LogP contribution in [-0.4, -0.2) is 36.4 Å². The van der Waals surface area contributed by atoms with E-state index in [4.69, 9.17) is 11.6 Å². The predicted octanol–water partition coefficient (Wildman–Crippen LogP) is 1.85. The van der Waals surface area contributed by atoms with Crippen molar-refractivity contribution in [2.75, 3.05) is 12.3 Å². The van der Waals surface area contributed by atoms with Crippen LogP contribution in [0.4, 0.5) is 0 Å². The minimum Gasteiger partial charge on any atom is -0.347 e. The van der Waals surface area contributed by atoms with E-state index < -0.39 is 15.4 Å². The summed E-state index contributed by atoms with van der Waals surface area (Å²) < 4.78 is 27.6. The van der Waals surface area contributed by atoms with Crippen molar-refractivity contribution in [2.24, 2.45) is 0 Å². The van der Waals surface area contributed by atoms with Crippen LogP contribution < -0.4 is 4.72 Å². The molecule has 1 aromatic heterocycles. The van der Waals surface area contributed by atoms with Crippen molar-refractivity contribution >= 4 is 27.4 Å². The van der Waals surface area contributed by atoms with Gasteiger partial charge in [-0.1, -0.05) is 6.92 Å². The number of Topliss-reactive ketones (excluding diaryl/α,β-unsaturated/α-hetero) is 1. The second kappa shape index (κ2) is 6.74. The molecule has 0 aliphatic carbocycles. The van der Waals surface area contributed by atoms with E-state index in [0.717, 1.165) is 11.4 Å². The van der Waals surface area contributed by atoms with E-state index in [1.807, 2.05) is 11.5 Å². The first kappa shape index (κ1) is 17.2. The molecule has 5 nitrogen and oxygen atoms in total. The maximum Gasteiger partial charge on any atom is 0.213 e. The number of nitrogens with one attached hydrogen (secondary N) is 1. The third-order valence-electron chi connectivity index (χ3n) is 3.15. The first-order valence-electron chi connectivity index (χ1n) is 6.52. The molecule has 0 saturated carbocycles. The van der Waals surface area contributed by atoms with E-state index in [-0.39, 0.29) is 11.5 Å². The third kappa shape index (κ3) is 4.07. The van der Waals surface area contributed by atoms with E-state index >= 15 is 0 Å². The molecule has 1 atom stereocenters. The van der Waals surface area contributed by atoms with Crippen molar-refractivity contribution in [3.8, 4) is 0 Å². The molecule has 1 rings (SSSR count). The Labute approximate surface area is 125 Å². The number of carbonyl (C=O) groups is 1. The summed E-state index contributed by atoms with van der Waals surface area (Å²) in [5.41, 5.74) is 2.17. The van der Waals surface area contributed by atoms with Crippen LogP contribution in [0.3, 0.4) is 0 Å². The van der Waals surface area contributed by atoms with Gasteiger partial charge in [-0.25, -0.2) is 13.1 Å². The summed E-state index contributed by atoms with van der Waals surface area (Å²) in [7, 11) is -3.27. The predicted molar refractivity (Wildman–Crippen MR) is 81.0 cm³/mol. The van der Waals surface area contributed by atoms with E-state index in [9.17, 15) is 13.2 Å². The molecule has 1 N–H and O–H groups in total. The SMILES string of the molecule is CCNS(=O)(=O)CCn1c(C)cc(C(=O)C(C)Cl)c1C. The minimum atomic E-state index is -3.27. The fourth-order valence-corrected chi connectivity index (χ4v) is 3.24. The van der Waals surface area contributed by atoms with Crippen LogP contribution in [0.1, 0.15) is 35.6 Å². The summed E-state index contributed by atoms with van der Waals surface area (Å²) in [5, 5.41) is -0.588. The number of halogens is 1. The van der Waals surface area contributed by atoms with Gasteiger partial charge in [-0.3, -0.25) is 4.79 Å². The van der Waals surface area contributed by atoms with Crippen molar-refractivity contribution in [2.45, 2.75) is 39.6 Å². The van der Waals surface area contributed by atoms with Gasteiger partial charge in [0.1, 0.15) is 0 Å². The molecule has 0 saturated heterocycles. The van der Waals surface area contributed by atoms with Gasteiger partial charge in [0, 0.05) is 30.0 Å². The number of nitrogens with zero attached hydrogens (tertiary/aromatic N) is 1. The molecule has 0 bridgehead atoms. The molecule has 20 heavy (non-hydrogen) atoms. The normalized spacial score (nSPS) is 13.4. The molecule has 114 valence electrons. The average molecular weight is 321 g/mol. The lowest BCUT2D eigenvalue weighted by molar-refractivity contribution is 0.0991. The zero-order valence-corrected chi connectivity index (χ0v) is 13.8. The largest absolute Gasteiger partial charge is 0.347 e. The number of sulfonamides is 1. The van der Waals surface area contributed by atoms with Gasteiger partial charge >= 0.3 is 0 Å². The van der Waals surface area contributed by atoms with Crippen molar-refractivity contribution in [1.82, 2.24) is 9.29 Å². The van der Waals surface area contributed by atoms with E-state index in [1.165, 1.54) is 0 Å². The molecule has 1 aromatic rings. The van der Waals surface area contributed by atoms with Crippen LogP contribution in [0.5, 0.6) is 0 Å². The van der Waals surface area contributed by atoms with Gasteiger partial charge in [-0.2, -0.15) is 0 Å². The second-order valence-corrected chi connectivity index (χ2v) is 7.31. The second-order valence-electron chi connectivity index (χ2n) is 4.73. The van der Waals surface area contributed by atoms with Gasteiger partial charge < -0.3 is 4.57 Å². The summed E-state index contributed by atoms with van der Waals surface area (Å²) >= 11 is 5.82. The van der Waals surface area contributed by atoms with Crippen molar-refractivity contribution in [3.63, 3.8) is 0 Å². The zero-order valence-electron chi connectivity index (χ0n) is 12.2. The summed E-state index contributed by atoms with van der Waals surface area (Å²) in [6, 6.07) is 1.76. The first-order chi connectivity index (χ1) is 9.19. The van der Waals surface area contributed by atoms with Gasteiger partial charge in [0.15, 0.2) is 5.78 Å². The fourth-order valence-electron chi connectivity index (χ4n) is 2.11. The summed E-state index contributed by atoms with van der Waals surface area (Å²) in [5.74, 6) is -0.151. The van der Waals surface area contributed by atoms with E-state index in [0.29, 0.717) is 18.7 Å². The highest BCUT2D eigenvalue weighted by Crippen LogP contribution is 2.18. The number of carbonyl (C=O) groups excluding carboxylic acids is 1. The molecule has 0 spiro atoms. The molecule has 0 aliphatic heterocycles. The zero-order chi connectivity index (χ0) is 15.5. The fraction of sp³-hybridized carbons (Fsp3) is 0.615. The average Bonchev–Trinajstić information content (AvgIpc) is 2.61. The lowest BCUT2D eigenvalue weighted by Gasteiger charge is -2.10. The Balaban J connectivity index is 2.96. The Morgan fingerprint density at radius 3 is 2.55 bits per heavy atom. The Kier molecular flexibility index (Phi) is 5.79. The number of hydrogen-bond acceptors (Lipinski definition) is 3. The molecule has 1 heterocycles. The first-order valence-corrected chi connectivity index (χ1v) is 8.60. The van der Waals surface area contributed by atoms with E-state index in [2.05, 4.69) is 4.72 Å². The van der Waals surface area contributed by atoms with Crippen molar-refractivity contribution in [1.29, 1.82) is 0 Å². The Hall–Kier alpha value is -0.850. The van der Waals surface area contributed by atoms with Crippen molar-refractivity contribution in [3.05, 3.63) is 23.0 Å². The molecule has 7 heteroatoms. The maximum atomic E-state index is 12.0. The highest BCUT2D eigenvalue weighted by molar-refractivity contribution is 7.89. The van der Waals surface area contributed by atoms with Gasteiger partial charge in [-0.05, 0) is 26.8 Å². The maximum absolute atomic E-state index is 12.0. The molecule has 0 aromatic carbocycles. The standard InChI is InChI=1S/C13H21ClN2O3S/c1-5-15-20(18,19)7-6-16-9(2)8-12(11(16)4)13(17)10(3)14/h8,10,15H,5-7H2,1-4H3. The minimum absolute atomic E-state index is 0.0126. The summed E-state index contributed by atoms with van der Waals surface area (Å²) in [6.45, 7) is 7.71. The highest BCUT2D eigenvalue weighted by atomic mass is 35.5. The highest BCUT2D eigenvalue weighted by Gasteiger charge is 2.20. The molecule has 0 amide bonds. The topological polar surface area (TPSA) is 68.2 Å². The number of rotatable bonds is 7. The third-order valence-corrected chi connectivity index (χ3v) is 4.79. The Morgan fingerprint density at radius 1 is 1.45 bits per heavy atom. The van der Waals surface area contributed by atoms with Crippen LogP contribution in [0, 0.1) is 13.8 Å². The lowest BCUT2D eigenvalue weighted by atomic mass is 10.1. The van der Waals surface area contributed by atoms with Crippen LogP contribution in [-0.2, 0) is 16.6 Å². The van der Waals surface area contributed by atoms with Gasteiger partial charge in [0.05, 0.1) is 11.1 Å². The van der Waals surface area contributed by atoms with Gasteiger partial charge in [0.2, 0.25) is 10.0 Å². The molecule has 1 unspecified atom stereocenters. The number of aryl methyl sites for hydroxylation is 1. The number of hydrogen-bond donors (Lipinski definition) is 1.